The summed E-state index contributed by atoms with van der Waals surface area (Å²) < 4.78 is 65.6. The van der Waals surface area contributed by atoms with Crippen LogP contribution in [0.2, 0.25) is 0 Å². The summed E-state index contributed by atoms with van der Waals surface area (Å²) in [5, 5.41) is 27.8. The smallest absolute Gasteiger partial charge is 0.296 e. The molecule has 0 amide bonds. The first-order valence-electron chi connectivity index (χ1n) is 11.2. The summed E-state index contributed by atoms with van der Waals surface area (Å²) in [4.78, 5) is -0.878. The number of aromatic hydroxyl groups is 1. The van der Waals surface area contributed by atoms with Gasteiger partial charge < -0.3 is 10.8 Å². The fourth-order valence-electron chi connectivity index (χ4n) is 3.78. The molecular weight excluding hydrogens is 592 g/mol. The van der Waals surface area contributed by atoms with Gasteiger partial charge in [0.2, 0.25) is 0 Å². The van der Waals surface area contributed by atoms with Crippen molar-refractivity contribution in [1.29, 1.82) is 0 Å². The van der Waals surface area contributed by atoms with Crippen LogP contribution in [0.25, 0.3) is 10.8 Å². The number of benzene rings is 4. The molecule has 0 aliphatic rings. The van der Waals surface area contributed by atoms with Gasteiger partial charge >= 0.3 is 0 Å². The van der Waals surface area contributed by atoms with Crippen molar-refractivity contribution in [2.45, 2.75) is 30.6 Å². The van der Waals surface area contributed by atoms with Crippen LogP contribution in [0.1, 0.15) is 16.7 Å². The van der Waals surface area contributed by atoms with E-state index in [9.17, 15) is 31.0 Å². The van der Waals surface area contributed by atoms with Crippen molar-refractivity contribution in [1.82, 2.24) is 0 Å². The number of nitrogens with two attached hydrogens (primary N) is 1. The van der Waals surface area contributed by atoms with E-state index >= 15 is 0 Å². The molecule has 0 saturated heterocycles. The minimum absolute atomic E-state index is 0. The molecule has 4 aromatic rings. The van der Waals surface area contributed by atoms with Gasteiger partial charge in [0.25, 0.3) is 20.2 Å². The molecule has 0 unspecified atom stereocenters. The van der Waals surface area contributed by atoms with E-state index in [2.05, 4.69) is 20.5 Å². The summed E-state index contributed by atoms with van der Waals surface area (Å²) in [7, 11) is -9.10. The van der Waals surface area contributed by atoms with E-state index in [0.29, 0.717) is 44.8 Å². The van der Waals surface area contributed by atoms with Crippen molar-refractivity contribution in [2.24, 2.45) is 20.5 Å². The van der Waals surface area contributed by atoms with Gasteiger partial charge in [0.05, 0.1) is 22.0 Å². The summed E-state index contributed by atoms with van der Waals surface area (Å²) in [5.41, 5.74) is 8.60. The van der Waals surface area contributed by atoms with Crippen LogP contribution in [-0.2, 0) is 20.2 Å². The van der Waals surface area contributed by atoms with Crippen molar-refractivity contribution in [3.8, 4) is 5.75 Å². The molecule has 0 aliphatic carbocycles. The molecule has 0 atom stereocenters. The predicted octanol–water partition coefficient (Wildman–Crippen LogP) is 5.62. The normalized spacial score (nSPS) is 12.0. The molecule has 0 heterocycles. The zero-order valence-electron chi connectivity index (χ0n) is 22.9. The third-order valence-electron chi connectivity index (χ3n) is 5.86. The second-order valence-electron chi connectivity index (χ2n) is 8.78. The van der Waals surface area contributed by atoms with Gasteiger partial charge in [0.15, 0.2) is 5.75 Å². The summed E-state index contributed by atoms with van der Waals surface area (Å²) in [5.74, 6) is -0.487. The molecule has 0 fully saturated rings. The van der Waals surface area contributed by atoms with Gasteiger partial charge in [-0.05, 0) is 97.4 Å². The average Bonchev–Trinajstić information content (AvgIpc) is 2.83. The third-order valence-corrected chi connectivity index (χ3v) is 7.57. The van der Waals surface area contributed by atoms with Crippen molar-refractivity contribution < 1.29 is 31.0 Å². The maximum absolute atomic E-state index is 12.0. The van der Waals surface area contributed by atoms with Crippen LogP contribution < -0.4 is 5.73 Å². The molecule has 0 spiro atoms. The van der Waals surface area contributed by atoms with Gasteiger partial charge in [-0.25, -0.2) is 0 Å². The van der Waals surface area contributed by atoms with Gasteiger partial charge in [0, 0.05) is 70.2 Å². The van der Waals surface area contributed by atoms with Gasteiger partial charge in [-0.3, -0.25) is 9.11 Å². The molecule has 0 aromatic heterocycles. The largest absolute Gasteiger partial charge is 0.505 e. The minimum atomic E-state index is -4.77. The number of nitrogens with zero attached hydrogens (tertiary/aromatic N) is 4. The maximum Gasteiger partial charge on any atom is 0.296 e. The topological polar surface area (TPSA) is 204 Å². The number of rotatable bonds is 6. The molecule has 0 saturated carbocycles. The van der Waals surface area contributed by atoms with E-state index in [1.807, 2.05) is 0 Å². The number of fused-ring (bicyclic) bond motifs is 1. The Bertz CT molecular complexity index is 1930. The fraction of sp³-hybridized carbons (Fsp3) is 0.120. The number of phenolic OH excluding ortho intramolecular Hbond substituents is 1. The molecule has 16 heteroatoms. The average molecular weight is 616 g/mol. The second kappa shape index (κ2) is 13.4. The number of hydrogen-bond donors (Lipinski definition) is 4. The summed E-state index contributed by atoms with van der Waals surface area (Å²) in [6.07, 6.45) is 0. The molecule has 5 N–H and O–H groups in total. The Hall–Kier alpha value is -2.24. The Morgan fingerprint density at radius 1 is 0.659 bits per heavy atom. The van der Waals surface area contributed by atoms with Crippen LogP contribution in [0.15, 0.2) is 84.8 Å². The number of anilines is 1. The van der Waals surface area contributed by atoms with Crippen LogP contribution in [0.4, 0.5) is 28.4 Å². The van der Waals surface area contributed by atoms with Crippen LogP contribution in [0.5, 0.6) is 5.75 Å². The molecule has 204 valence electrons. The molecule has 2 radical (unpaired) electrons. The molecule has 0 bridgehead atoms. The number of phenols is 1. The van der Waals surface area contributed by atoms with E-state index in [1.54, 1.807) is 32.9 Å². The maximum atomic E-state index is 12.0. The van der Waals surface area contributed by atoms with E-state index in [4.69, 9.17) is 5.73 Å². The Morgan fingerprint density at radius 3 is 1.73 bits per heavy atom. The molecule has 12 nitrogen and oxygen atoms in total. The van der Waals surface area contributed by atoms with E-state index in [1.165, 1.54) is 36.4 Å². The van der Waals surface area contributed by atoms with Crippen molar-refractivity contribution in [3.05, 3.63) is 71.3 Å². The van der Waals surface area contributed by atoms with Crippen LogP contribution in [-0.4, -0.2) is 90.2 Å². The third kappa shape index (κ3) is 7.99. The molecular formula is C25H23N5Na2O7S2. The quantitative estimate of drug-likeness (QED) is 0.0925. The Balaban J connectivity index is 0.00000294. The number of azo groups is 2. The van der Waals surface area contributed by atoms with Crippen molar-refractivity contribution >= 4 is 119 Å². The zero-order valence-corrected chi connectivity index (χ0v) is 28.5. The Labute approximate surface area is 280 Å². The van der Waals surface area contributed by atoms with Crippen molar-refractivity contribution in [2.75, 3.05) is 5.73 Å². The Kier molecular flexibility index (Phi) is 11.4. The Morgan fingerprint density at radius 2 is 1.20 bits per heavy atom. The molecule has 0 aliphatic heterocycles. The fourth-order valence-corrected chi connectivity index (χ4v) is 5.00. The summed E-state index contributed by atoms with van der Waals surface area (Å²) in [6.45, 7) is 5.08. The minimum Gasteiger partial charge on any atom is -0.505 e. The molecule has 4 aromatic carbocycles. The van der Waals surface area contributed by atoms with Gasteiger partial charge in [0.1, 0.15) is 10.6 Å². The van der Waals surface area contributed by atoms with E-state index in [0.717, 1.165) is 6.07 Å². The summed E-state index contributed by atoms with van der Waals surface area (Å²) >= 11 is 0. The number of hydrogen-bond acceptors (Lipinski definition) is 10. The standard InChI is InChI=1S/C25H23N5O7S2.2Na/c1-13-8-18(38(32,33)34)5-7-20(13)27-28-21-9-15(3)22(10-14(21)2)29-30-24-23(39(35,36)37)12-16-11-17(26)4-6-19(16)25(24)31;;/h4-12,31H,26H2,1-3H3,(H,32,33,34)(H,35,36,37);;. The van der Waals surface area contributed by atoms with Crippen LogP contribution in [0, 0.1) is 20.8 Å². The SMILES string of the molecule is Cc1cc(S(=O)(=O)O)ccc1N=Nc1cc(C)c(N=Nc2c(S(=O)(=O)O)cc3cc(N)ccc3c2O)cc1C.[Na].[Na]. The first kappa shape index (κ1) is 35.0. The first-order valence-corrected chi connectivity index (χ1v) is 14.1. The number of aryl methyl sites for hydroxylation is 3. The number of nitrogen functional groups attached to an aromatic ring is 1. The van der Waals surface area contributed by atoms with Gasteiger partial charge in [-0.15, -0.1) is 5.11 Å². The van der Waals surface area contributed by atoms with Gasteiger partial charge in [-0.2, -0.15) is 32.2 Å². The molecule has 41 heavy (non-hydrogen) atoms. The van der Waals surface area contributed by atoms with Crippen LogP contribution in [0.3, 0.4) is 0 Å². The van der Waals surface area contributed by atoms with Crippen LogP contribution >= 0.6 is 0 Å². The van der Waals surface area contributed by atoms with E-state index in [-0.39, 0.29) is 69.4 Å². The first-order chi connectivity index (χ1) is 18.1. The monoisotopic (exact) mass is 615 g/mol. The molecule has 4 rings (SSSR count). The van der Waals surface area contributed by atoms with Gasteiger partial charge in [-0.1, -0.05) is 0 Å². The van der Waals surface area contributed by atoms with Crippen molar-refractivity contribution in [3.63, 3.8) is 0 Å². The zero-order chi connectivity index (χ0) is 28.7. The second-order valence-corrected chi connectivity index (χ2v) is 11.6. The predicted molar refractivity (Wildman–Crippen MR) is 157 cm³/mol. The summed E-state index contributed by atoms with van der Waals surface area (Å²) in [6, 6.07) is 12.9. The van der Waals surface area contributed by atoms with E-state index < -0.39 is 36.6 Å².